The fourth-order valence-electron chi connectivity index (χ4n) is 12.5. The number of halogens is 2. The second-order valence-corrected chi connectivity index (χ2v) is 26.5. The number of carbonyl (C=O) groups excluding carboxylic acids is 7. The van der Waals surface area contributed by atoms with E-state index in [1.807, 2.05) is 13.8 Å². The number of phenolic OH excluding ortho intramolecular Hbond substituents is 3. The van der Waals surface area contributed by atoms with Crippen molar-refractivity contribution in [1.29, 1.82) is 0 Å². The number of nitrogens with two attached hydrogens (primary N) is 2. The summed E-state index contributed by atoms with van der Waals surface area (Å²) < 4.78 is 38.3. The molecule has 2 fully saturated rings. The van der Waals surface area contributed by atoms with E-state index in [2.05, 4.69) is 37.2 Å². The van der Waals surface area contributed by atoms with E-state index in [-0.39, 0.29) is 46.2 Å². The van der Waals surface area contributed by atoms with Gasteiger partial charge >= 0.3 is 5.97 Å². The fraction of sp³-hybridized carbons (Fsp3) is 0.424. The maximum Gasteiger partial charge on any atom is 0.330 e. The highest BCUT2D eigenvalue weighted by Crippen LogP contribution is 2.50. The summed E-state index contributed by atoms with van der Waals surface area (Å²) in [7, 11) is 1.47. The number of amides is 7. The summed E-state index contributed by atoms with van der Waals surface area (Å²) in [5.41, 5.74) is 8.00. The number of ether oxygens (including phenoxy) is 6. The molecular formula is C66H75Cl2N9O24. The number of primary amides is 1. The zero-order valence-electron chi connectivity index (χ0n) is 54.3. The van der Waals surface area contributed by atoms with Gasteiger partial charge in [0.15, 0.2) is 29.9 Å². The molecule has 7 amide bonds. The third-order valence-electron chi connectivity index (χ3n) is 17.8. The molecule has 11 bridgehead atoms. The Labute approximate surface area is 584 Å². The zero-order chi connectivity index (χ0) is 73.5. The first kappa shape index (κ1) is 74.5. The van der Waals surface area contributed by atoms with Crippen molar-refractivity contribution in [2.75, 3.05) is 13.7 Å². The van der Waals surface area contributed by atoms with Gasteiger partial charge in [0.05, 0.1) is 41.3 Å². The average molecular weight is 1450 g/mol. The Bertz CT molecular complexity index is 4070. The normalized spacial score (nSPS) is 29.4. The number of aromatic hydroxyl groups is 3. The number of likely N-dealkylation sites (N-methyl/N-ethyl adjacent to an activating group) is 1. The van der Waals surface area contributed by atoms with Crippen LogP contribution in [0, 0.1) is 5.92 Å². The Kier molecular flexibility index (Phi) is 22.2. The van der Waals surface area contributed by atoms with Crippen LogP contribution in [0.5, 0.6) is 46.0 Å². The molecule has 21 N–H and O–H groups in total. The number of carboxylic acids is 1. The van der Waals surface area contributed by atoms with Gasteiger partial charge < -0.3 is 128 Å². The SMILES string of the molecule is CNC(CC(C)C)C(=O)NC1C(=O)N[C@@H](CC(N)=O)C(=O)NC2C(=O)NC3C(=O)N[C@H](C(=O)N[C@@H](C(=O)O)c4cc(O)cc(O)c4-c4cc3ccc4O)[C@H](O)c3ccc(c(Cl)c3)Oc3cc2cc(c3O[C@@H]2OC(CO)C(O)[C@@H](O)[C@@H]2O[C@H]2CC(C)(N)C(O)[C@@H](C)O2)Oc2ccc(cc2Cl)[C@H]1O. The van der Waals surface area contributed by atoms with Crippen LogP contribution < -0.4 is 62.9 Å². The van der Waals surface area contributed by atoms with E-state index < -0.39 is 237 Å². The number of aliphatic carboxylic acids is 1. The van der Waals surface area contributed by atoms with Crippen molar-refractivity contribution >= 4 is 70.5 Å². The lowest BCUT2D eigenvalue weighted by molar-refractivity contribution is -0.333. The highest BCUT2D eigenvalue weighted by molar-refractivity contribution is 6.32. The molecule has 0 radical (unpaired) electrons. The molecule has 7 aliphatic heterocycles. The van der Waals surface area contributed by atoms with Crippen LogP contribution >= 0.6 is 23.2 Å². The van der Waals surface area contributed by atoms with Gasteiger partial charge in [-0.1, -0.05) is 55.2 Å². The quantitative estimate of drug-likeness (QED) is 0.0743. The van der Waals surface area contributed by atoms with Gasteiger partial charge in [0, 0.05) is 34.7 Å². The number of benzene rings is 5. The average Bonchev–Trinajstić information content (AvgIpc) is 0.775. The van der Waals surface area contributed by atoms with E-state index in [9.17, 15) is 75.0 Å². The number of hydrogen-bond donors (Lipinski definition) is 19. The standard InChI is InChI=1S/C66H75Cl2N9O24/c1-23(2)12-34(71-5)58(88)76-49-51(83)26-7-10-38(32(67)14-26)97-40-16-28-17-41(55(40)101-65-56(54(86)53(85)42(22-78)99-65)100-44-21-66(4,70)57(87)24(3)96-44)98-39-11-8-27(15-33(39)68)52(84)50-63(93)75-48(64(94)95)31-18-29(79)19-37(81)45(31)30-13-25(6-9-36(30)80)46(60(90)77-50)74-61(91)47(28)73-59(89)35(20-43(69)82)72-62(49)92/h6-11,13-19,23-24,34-35,42,44,46-54,56-57,65,71,78-81,83-87H,12,20-22,70H2,1-5H3,(H2,69,82)(H,72,92)(H,73,89)(H,74,91)(H,75,93)(H,76,88)(H,77,90)(H,94,95)/t24-,34?,35+,42?,44+,46?,47?,48-,49?,50+,51-,52-,53?,54-,56+,57?,65+,66?/m1/s1. The number of hydrogen-bond acceptors (Lipinski definition) is 25. The first-order chi connectivity index (χ1) is 47.7. The molecule has 542 valence electrons. The Hall–Kier alpha value is -9.20. The van der Waals surface area contributed by atoms with Crippen molar-refractivity contribution in [3.63, 3.8) is 0 Å². The minimum atomic E-state index is -2.35. The van der Waals surface area contributed by atoms with Gasteiger partial charge in [0.2, 0.25) is 53.4 Å². The number of phenols is 3. The van der Waals surface area contributed by atoms with E-state index in [0.29, 0.717) is 0 Å². The summed E-state index contributed by atoms with van der Waals surface area (Å²) in [6.07, 6.45) is -18.6. The third-order valence-corrected chi connectivity index (χ3v) is 18.4. The minimum absolute atomic E-state index is 0.0975. The van der Waals surface area contributed by atoms with E-state index >= 15 is 14.4 Å². The molecule has 0 spiro atoms. The van der Waals surface area contributed by atoms with Crippen molar-refractivity contribution in [3.05, 3.63) is 117 Å². The lowest BCUT2D eigenvalue weighted by atomic mass is 9.86. The minimum Gasteiger partial charge on any atom is -0.508 e. The van der Waals surface area contributed by atoms with Crippen LogP contribution in [-0.2, 0) is 52.6 Å². The molecular weight excluding hydrogens is 1370 g/mol. The second kappa shape index (κ2) is 30.2. The Morgan fingerprint density at radius 1 is 0.713 bits per heavy atom. The number of nitrogens with one attached hydrogen (secondary N) is 7. The molecule has 7 heterocycles. The molecule has 0 aliphatic carbocycles. The molecule has 0 aromatic heterocycles. The number of rotatable bonds is 13. The number of carboxylic acid groups (broad SMARTS) is 1. The predicted molar refractivity (Wildman–Crippen MR) is 349 cm³/mol. The molecule has 5 aromatic rings. The molecule has 18 atom stereocenters. The zero-order valence-corrected chi connectivity index (χ0v) is 55.8. The van der Waals surface area contributed by atoms with Gasteiger partial charge in [0.1, 0.15) is 89.5 Å². The number of aliphatic hydroxyl groups is 6. The molecule has 33 nitrogen and oxygen atoms in total. The summed E-state index contributed by atoms with van der Waals surface area (Å²) in [6, 6.07) is -0.679. The van der Waals surface area contributed by atoms with Gasteiger partial charge in [-0.3, -0.25) is 33.6 Å². The molecule has 35 heteroatoms. The van der Waals surface area contributed by atoms with E-state index in [1.54, 1.807) is 0 Å². The summed E-state index contributed by atoms with van der Waals surface area (Å²) in [4.78, 5) is 117. The summed E-state index contributed by atoms with van der Waals surface area (Å²) >= 11 is 14.1. The van der Waals surface area contributed by atoms with Crippen LogP contribution in [0.25, 0.3) is 11.1 Å². The Balaban J connectivity index is 1.24. The van der Waals surface area contributed by atoms with Crippen LogP contribution in [0.15, 0.2) is 78.9 Å². The molecule has 2 saturated heterocycles. The van der Waals surface area contributed by atoms with Gasteiger partial charge in [-0.05, 0) is 110 Å². The van der Waals surface area contributed by atoms with Gasteiger partial charge in [-0.2, -0.15) is 0 Å². The molecule has 5 aromatic carbocycles. The fourth-order valence-corrected chi connectivity index (χ4v) is 12.9. The first-order valence-corrected chi connectivity index (χ1v) is 32.4. The monoisotopic (exact) mass is 1450 g/mol. The first-order valence-electron chi connectivity index (χ1n) is 31.6. The van der Waals surface area contributed by atoms with Gasteiger partial charge in [-0.15, -0.1) is 0 Å². The van der Waals surface area contributed by atoms with E-state index in [4.69, 9.17) is 63.1 Å². The van der Waals surface area contributed by atoms with Crippen molar-refractivity contribution in [2.45, 2.75) is 156 Å². The molecule has 101 heavy (non-hydrogen) atoms. The van der Waals surface area contributed by atoms with Crippen molar-refractivity contribution in [1.82, 2.24) is 37.2 Å². The molecule has 7 aliphatic rings. The number of fused-ring (bicyclic) bond motifs is 15. The predicted octanol–water partition coefficient (Wildman–Crippen LogP) is 0.106. The maximum absolute atomic E-state index is 16.0. The second-order valence-electron chi connectivity index (χ2n) is 25.7. The van der Waals surface area contributed by atoms with Gasteiger partial charge in [-0.25, -0.2) is 4.79 Å². The van der Waals surface area contributed by atoms with Crippen LogP contribution in [0.2, 0.25) is 10.0 Å². The van der Waals surface area contributed by atoms with E-state index in [1.165, 1.54) is 33.0 Å². The molecule has 12 rings (SSSR count). The van der Waals surface area contributed by atoms with Gasteiger partial charge in [0.25, 0.3) is 0 Å². The number of carbonyl (C=O) groups is 8. The Morgan fingerprint density at radius 3 is 1.90 bits per heavy atom. The van der Waals surface area contributed by atoms with Crippen molar-refractivity contribution < 1.29 is 118 Å². The summed E-state index contributed by atoms with van der Waals surface area (Å²) in [6.45, 7) is 5.66. The van der Waals surface area contributed by atoms with Crippen molar-refractivity contribution in [3.8, 4) is 57.1 Å². The largest absolute Gasteiger partial charge is 0.508 e. The highest BCUT2D eigenvalue weighted by Gasteiger charge is 2.51. The van der Waals surface area contributed by atoms with E-state index in [0.717, 1.165) is 66.7 Å². The lowest BCUT2D eigenvalue weighted by Gasteiger charge is -2.47. The molecule has 0 saturated carbocycles. The topological polar surface area (TPSA) is 530 Å². The summed E-state index contributed by atoms with van der Waals surface area (Å²) in [5.74, 6) is -16.0. The third kappa shape index (κ3) is 15.8. The molecule has 8 unspecified atom stereocenters. The highest BCUT2D eigenvalue weighted by atomic mass is 35.5. The van der Waals surface area contributed by atoms with Crippen LogP contribution in [0.3, 0.4) is 0 Å². The maximum atomic E-state index is 16.0. The lowest BCUT2D eigenvalue weighted by Crippen LogP contribution is -2.64. The van der Waals surface area contributed by atoms with Crippen LogP contribution in [-0.4, -0.2) is 191 Å². The smallest absolute Gasteiger partial charge is 0.330 e. The van der Waals surface area contributed by atoms with Crippen molar-refractivity contribution in [2.24, 2.45) is 17.4 Å². The number of aliphatic hydroxyl groups excluding tert-OH is 6. The summed E-state index contributed by atoms with van der Waals surface area (Å²) in [5, 5.41) is 131. The van der Waals surface area contributed by atoms with Crippen LogP contribution in [0.4, 0.5) is 0 Å². The Morgan fingerprint density at radius 2 is 1.32 bits per heavy atom. The van der Waals surface area contributed by atoms with Crippen LogP contribution in [0.1, 0.15) is 105 Å².